The summed E-state index contributed by atoms with van der Waals surface area (Å²) in [5, 5.41) is 2.43. The Kier molecular flexibility index (Phi) is 3.04. The van der Waals surface area contributed by atoms with Crippen molar-refractivity contribution >= 4 is 11.8 Å². The van der Waals surface area contributed by atoms with Crippen molar-refractivity contribution in [2.75, 3.05) is 19.8 Å². The molecule has 0 aliphatic carbocycles. The Hall–Kier alpha value is -1.10. The van der Waals surface area contributed by atoms with Crippen LogP contribution in [0.15, 0.2) is 0 Å². The molecule has 3 N–H and O–H groups in total. The first kappa shape index (κ1) is 8.99. The Bertz CT molecular complexity index is 187. The minimum Gasteiger partial charge on any atom is -0.381 e. The summed E-state index contributed by atoms with van der Waals surface area (Å²) in [5.74, 6) is -0.780. The van der Waals surface area contributed by atoms with Crippen LogP contribution in [-0.2, 0) is 14.3 Å². The summed E-state index contributed by atoms with van der Waals surface area (Å²) >= 11 is 0. The van der Waals surface area contributed by atoms with Gasteiger partial charge in [0.2, 0.25) is 11.8 Å². The maximum absolute atomic E-state index is 11.2. The maximum atomic E-state index is 11.2. The molecule has 1 aliphatic heterocycles. The van der Waals surface area contributed by atoms with Crippen molar-refractivity contribution in [3.63, 3.8) is 0 Å². The van der Waals surface area contributed by atoms with Gasteiger partial charge in [-0.1, -0.05) is 0 Å². The molecule has 1 atom stereocenters. The Morgan fingerprint density at radius 2 is 2.33 bits per heavy atom. The highest BCUT2D eigenvalue weighted by Gasteiger charge is 2.23. The molecule has 5 heteroatoms. The zero-order valence-electron chi connectivity index (χ0n) is 6.71. The van der Waals surface area contributed by atoms with Crippen LogP contribution in [0.5, 0.6) is 0 Å². The number of primary amides is 1. The van der Waals surface area contributed by atoms with Gasteiger partial charge in [0.15, 0.2) is 0 Å². The summed E-state index contributed by atoms with van der Waals surface area (Å²) < 4.78 is 5.01. The fraction of sp³-hybridized carbons (Fsp3) is 0.714. The quantitative estimate of drug-likeness (QED) is 0.550. The van der Waals surface area contributed by atoms with E-state index >= 15 is 0 Å². The van der Waals surface area contributed by atoms with Gasteiger partial charge >= 0.3 is 0 Å². The summed E-state index contributed by atoms with van der Waals surface area (Å²) in [6.07, 6.45) is 0.727. The van der Waals surface area contributed by atoms with Crippen molar-refractivity contribution in [1.82, 2.24) is 5.32 Å². The van der Waals surface area contributed by atoms with Gasteiger partial charge in [0.05, 0.1) is 19.1 Å². The van der Waals surface area contributed by atoms with E-state index in [1.165, 1.54) is 0 Å². The number of nitrogens with two attached hydrogens (primary N) is 1. The first-order valence-corrected chi connectivity index (χ1v) is 3.84. The van der Waals surface area contributed by atoms with E-state index < -0.39 is 5.91 Å². The molecule has 0 bridgehead atoms. The minimum absolute atomic E-state index is 0.0880. The predicted molar refractivity (Wildman–Crippen MR) is 41.1 cm³/mol. The van der Waals surface area contributed by atoms with E-state index in [1.54, 1.807) is 0 Å². The van der Waals surface area contributed by atoms with E-state index in [2.05, 4.69) is 5.32 Å². The number of hydrogen-bond acceptors (Lipinski definition) is 3. The largest absolute Gasteiger partial charge is 0.381 e. The van der Waals surface area contributed by atoms with Crippen molar-refractivity contribution in [3.8, 4) is 0 Å². The molecule has 1 rings (SSSR count). The smallest absolute Gasteiger partial charge is 0.236 e. The zero-order chi connectivity index (χ0) is 8.97. The van der Waals surface area contributed by atoms with E-state index in [0.29, 0.717) is 13.2 Å². The summed E-state index contributed by atoms with van der Waals surface area (Å²) in [4.78, 5) is 21.4. The molecule has 0 radical (unpaired) electrons. The van der Waals surface area contributed by atoms with Gasteiger partial charge in [-0.2, -0.15) is 0 Å². The fourth-order valence-electron chi connectivity index (χ4n) is 1.06. The zero-order valence-corrected chi connectivity index (χ0v) is 6.71. The van der Waals surface area contributed by atoms with E-state index in [0.717, 1.165) is 6.42 Å². The molecule has 0 spiro atoms. The molecule has 0 saturated carbocycles. The molecule has 1 aliphatic rings. The van der Waals surface area contributed by atoms with Crippen LogP contribution in [0.4, 0.5) is 0 Å². The number of nitrogens with one attached hydrogen (secondary N) is 1. The lowest BCUT2D eigenvalue weighted by Gasteiger charge is -2.06. The van der Waals surface area contributed by atoms with Crippen LogP contribution in [0.3, 0.4) is 0 Å². The van der Waals surface area contributed by atoms with Crippen LogP contribution in [0, 0.1) is 5.92 Å². The van der Waals surface area contributed by atoms with Crippen LogP contribution in [-0.4, -0.2) is 31.6 Å². The van der Waals surface area contributed by atoms with Crippen molar-refractivity contribution in [1.29, 1.82) is 0 Å². The van der Waals surface area contributed by atoms with Gasteiger partial charge in [-0.3, -0.25) is 9.59 Å². The first-order valence-electron chi connectivity index (χ1n) is 3.84. The molecule has 2 amide bonds. The Labute approximate surface area is 70.2 Å². The molecule has 0 aromatic heterocycles. The average molecular weight is 172 g/mol. The fourth-order valence-corrected chi connectivity index (χ4v) is 1.06. The minimum atomic E-state index is -0.526. The molecule has 0 aromatic rings. The van der Waals surface area contributed by atoms with Crippen LogP contribution in [0.2, 0.25) is 0 Å². The lowest BCUT2D eigenvalue weighted by molar-refractivity contribution is -0.127. The highest BCUT2D eigenvalue weighted by molar-refractivity contribution is 5.85. The molecule has 1 saturated heterocycles. The second-order valence-electron chi connectivity index (χ2n) is 2.74. The van der Waals surface area contributed by atoms with Crippen LogP contribution >= 0.6 is 0 Å². The maximum Gasteiger partial charge on any atom is 0.236 e. The second-order valence-corrected chi connectivity index (χ2v) is 2.74. The highest BCUT2D eigenvalue weighted by Crippen LogP contribution is 2.11. The van der Waals surface area contributed by atoms with Gasteiger partial charge < -0.3 is 15.8 Å². The predicted octanol–water partition coefficient (Wildman–Crippen LogP) is -1.38. The van der Waals surface area contributed by atoms with E-state index in [9.17, 15) is 9.59 Å². The third-order valence-electron chi connectivity index (χ3n) is 1.74. The summed E-state index contributed by atoms with van der Waals surface area (Å²) in [6, 6.07) is 0. The first-order chi connectivity index (χ1) is 5.70. The number of ether oxygens (including phenoxy) is 1. The molecule has 1 heterocycles. The Morgan fingerprint density at radius 1 is 1.58 bits per heavy atom. The van der Waals surface area contributed by atoms with Gasteiger partial charge in [0.1, 0.15) is 0 Å². The van der Waals surface area contributed by atoms with Gasteiger partial charge in [-0.05, 0) is 6.42 Å². The molecular weight excluding hydrogens is 160 g/mol. The van der Waals surface area contributed by atoms with Gasteiger partial charge in [0, 0.05) is 6.61 Å². The number of carbonyl (C=O) groups is 2. The molecule has 1 fully saturated rings. The van der Waals surface area contributed by atoms with Gasteiger partial charge in [0.25, 0.3) is 0 Å². The monoisotopic (exact) mass is 172 g/mol. The summed E-state index contributed by atoms with van der Waals surface area (Å²) in [5.41, 5.74) is 4.85. The third-order valence-corrected chi connectivity index (χ3v) is 1.74. The van der Waals surface area contributed by atoms with E-state index in [1.807, 2.05) is 0 Å². The number of hydrogen-bond donors (Lipinski definition) is 2. The normalized spacial score (nSPS) is 22.2. The molecule has 68 valence electrons. The molecule has 0 aromatic carbocycles. The lowest BCUT2D eigenvalue weighted by Crippen LogP contribution is -2.37. The number of carbonyl (C=O) groups excluding carboxylic acids is 2. The SMILES string of the molecule is NC(=O)CNC(=O)C1CCOC1. The van der Waals surface area contributed by atoms with Gasteiger partial charge in [-0.25, -0.2) is 0 Å². The number of amides is 2. The number of rotatable bonds is 3. The van der Waals surface area contributed by atoms with Crippen molar-refractivity contribution in [2.45, 2.75) is 6.42 Å². The van der Waals surface area contributed by atoms with Crippen LogP contribution in [0.1, 0.15) is 6.42 Å². The average Bonchev–Trinajstić information content (AvgIpc) is 2.51. The molecule has 1 unspecified atom stereocenters. The van der Waals surface area contributed by atoms with Crippen molar-refractivity contribution < 1.29 is 14.3 Å². The van der Waals surface area contributed by atoms with E-state index in [-0.39, 0.29) is 18.4 Å². The van der Waals surface area contributed by atoms with Crippen LogP contribution < -0.4 is 11.1 Å². The van der Waals surface area contributed by atoms with Crippen molar-refractivity contribution in [3.05, 3.63) is 0 Å². The Morgan fingerprint density at radius 3 is 2.83 bits per heavy atom. The standard InChI is InChI=1S/C7H12N2O3/c8-6(10)3-9-7(11)5-1-2-12-4-5/h5H,1-4H2,(H2,8,10)(H,9,11). The van der Waals surface area contributed by atoms with Crippen molar-refractivity contribution in [2.24, 2.45) is 11.7 Å². The third kappa shape index (κ3) is 2.50. The molecule has 12 heavy (non-hydrogen) atoms. The Balaban J connectivity index is 2.23. The highest BCUT2D eigenvalue weighted by atomic mass is 16.5. The summed E-state index contributed by atoms with van der Waals surface area (Å²) in [7, 11) is 0. The summed E-state index contributed by atoms with van der Waals surface area (Å²) in [6.45, 7) is 0.981. The second kappa shape index (κ2) is 4.06. The topological polar surface area (TPSA) is 81.4 Å². The lowest BCUT2D eigenvalue weighted by atomic mass is 10.1. The molecular formula is C7H12N2O3. The molecule has 5 nitrogen and oxygen atoms in total. The van der Waals surface area contributed by atoms with Gasteiger partial charge in [-0.15, -0.1) is 0 Å². The van der Waals surface area contributed by atoms with Crippen LogP contribution in [0.25, 0.3) is 0 Å². The van der Waals surface area contributed by atoms with E-state index in [4.69, 9.17) is 10.5 Å².